The highest BCUT2D eigenvalue weighted by Gasteiger charge is 2.20. The zero-order chi connectivity index (χ0) is 13.2. The summed E-state index contributed by atoms with van der Waals surface area (Å²) in [6.07, 6.45) is 1.23. The van der Waals surface area contributed by atoms with E-state index in [1.54, 1.807) is 0 Å². The van der Waals surface area contributed by atoms with Gasteiger partial charge in [0.1, 0.15) is 5.52 Å². The molecule has 0 aliphatic carbocycles. The van der Waals surface area contributed by atoms with Gasteiger partial charge >= 0.3 is 0 Å². The summed E-state index contributed by atoms with van der Waals surface area (Å²) in [5.41, 5.74) is 8.17. The maximum absolute atomic E-state index is 5.78. The summed E-state index contributed by atoms with van der Waals surface area (Å²) >= 11 is 2.08. The number of anilines is 1. The molecule has 1 fully saturated rings. The lowest BCUT2D eigenvalue weighted by molar-refractivity contribution is 0.248. The molecule has 0 saturated carbocycles. The van der Waals surface area contributed by atoms with Gasteiger partial charge in [-0.05, 0) is 24.6 Å². The maximum atomic E-state index is 5.78. The molecule has 0 amide bonds. The third kappa shape index (κ3) is 2.87. The highest BCUT2D eigenvalue weighted by Crippen LogP contribution is 2.24. The molecule has 1 saturated heterocycles. The number of nitrogen functional groups attached to an aromatic ring is 1. The first-order chi connectivity index (χ1) is 9.24. The van der Waals surface area contributed by atoms with E-state index < -0.39 is 0 Å². The normalized spacial score (nSPS) is 21.0. The minimum Gasteiger partial charge on any atom is -0.439 e. The number of hydrogen-bond donors (Lipinski definition) is 1. The van der Waals surface area contributed by atoms with Crippen LogP contribution in [0.5, 0.6) is 0 Å². The van der Waals surface area contributed by atoms with Crippen molar-refractivity contribution in [3.05, 3.63) is 24.1 Å². The van der Waals surface area contributed by atoms with E-state index in [4.69, 9.17) is 10.2 Å². The molecule has 1 aliphatic rings. The predicted molar refractivity (Wildman–Crippen MR) is 80.2 cm³/mol. The summed E-state index contributed by atoms with van der Waals surface area (Å²) < 4.78 is 5.78. The van der Waals surface area contributed by atoms with Crippen LogP contribution in [-0.2, 0) is 6.54 Å². The average Bonchev–Trinajstić information content (AvgIpc) is 2.80. The van der Waals surface area contributed by atoms with Crippen LogP contribution in [0.1, 0.15) is 19.2 Å². The molecule has 3 rings (SSSR count). The third-order valence-electron chi connectivity index (χ3n) is 3.49. The van der Waals surface area contributed by atoms with Crippen LogP contribution in [0.4, 0.5) is 5.69 Å². The van der Waals surface area contributed by atoms with Gasteiger partial charge in [-0.3, -0.25) is 4.90 Å². The van der Waals surface area contributed by atoms with Crippen LogP contribution >= 0.6 is 11.8 Å². The van der Waals surface area contributed by atoms with Crippen LogP contribution in [0.3, 0.4) is 0 Å². The van der Waals surface area contributed by atoms with Gasteiger partial charge in [-0.15, -0.1) is 0 Å². The van der Waals surface area contributed by atoms with Gasteiger partial charge in [0.05, 0.1) is 6.54 Å². The molecule has 0 bridgehead atoms. The van der Waals surface area contributed by atoms with Gasteiger partial charge in [0.2, 0.25) is 5.89 Å². The SMILES string of the molecule is CCC1CN(Cc2nc3cc(N)ccc3o2)CCS1. The van der Waals surface area contributed by atoms with Crippen LogP contribution in [0.25, 0.3) is 11.1 Å². The number of rotatable bonds is 3. The predicted octanol–water partition coefficient (Wildman–Crippen LogP) is 2.74. The van der Waals surface area contributed by atoms with Crippen molar-refractivity contribution >= 4 is 28.5 Å². The molecule has 102 valence electrons. The van der Waals surface area contributed by atoms with Crippen LogP contribution in [0, 0.1) is 0 Å². The van der Waals surface area contributed by atoms with Crippen LogP contribution in [0.15, 0.2) is 22.6 Å². The lowest BCUT2D eigenvalue weighted by Crippen LogP contribution is -2.37. The molecule has 1 aromatic carbocycles. The number of thioether (sulfide) groups is 1. The second-order valence-electron chi connectivity index (χ2n) is 4.97. The smallest absolute Gasteiger partial charge is 0.209 e. The van der Waals surface area contributed by atoms with Crippen LogP contribution < -0.4 is 5.73 Å². The number of oxazole rings is 1. The van der Waals surface area contributed by atoms with E-state index in [9.17, 15) is 0 Å². The molecule has 4 nitrogen and oxygen atoms in total. The van der Waals surface area contributed by atoms with Crippen LogP contribution in [-0.4, -0.2) is 34.0 Å². The Hall–Kier alpha value is -1.20. The Kier molecular flexibility index (Phi) is 3.66. The van der Waals surface area contributed by atoms with E-state index in [2.05, 4.69) is 28.6 Å². The highest BCUT2D eigenvalue weighted by atomic mass is 32.2. The lowest BCUT2D eigenvalue weighted by Gasteiger charge is -2.30. The van der Waals surface area contributed by atoms with Crippen molar-refractivity contribution in [1.29, 1.82) is 0 Å². The molecule has 0 radical (unpaired) electrons. The number of nitrogens with two attached hydrogens (primary N) is 1. The average molecular weight is 277 g/mol. The molecule has 1 aliphatic heterocycles. The minimum atomic E-state index is 0.729. The summed E-state index contributed by atoms with van der Waals surface area (Å²) in [6, 6.07) is 5.60. The molecule has 1 aromatic heterocycles. The molecule has 5 heteroatoms. The fraction of sp³-hybridized carbons (Fsp3) is 0.500. The molecule has 2 aromatic rings. The zero-order valence-electron chi connectivity index (χ0n) is 11.1. The first-order valence-corrected chi connectivity index (χ1v) is 7.78. The van der Waals surface area contributed by atoms with Crippen molar-refractivity contribution in [2.45, 2.75) is 25.1 Å². The van der Waals surface area contributed by atoms with E-state index >= 15 is 0 Å². The number of hydrogen-bond acceptors (Lipinski definition) is 5. The summed E-state index contributed by atoms with van der Waals surface area (Å²) in [7, 11) is 0. The van der Waals surface area contributed by atoms with Crippen molar-refractivity contribution in [1.82, 2.24) is 9.88 Å². The quantitative estimate of drug-likeness (QED) is 0.874. The summed E-state index contributed by atoms with van der Waals surface area (Å²) in [5.74, 6) is 1.99. The number of benzene rings is 1. The van der Waals surface area contributed by atoms with Gasteiger partial charge in [-0.25, -0.2) is 4.98 Å². The Bertz CT molecular complexity index is 569. The lowest BCUT2D eigenvalue weighted by atomic mass is 10.3. The first kappa shape index (κ1) is 12.8. The second kappa shape index (κ2) is 5.43. The van der Waals surface area contributed by atoms with E-state index in [0.29, 0.717) is 0 Å². The van der Waals surface area contributed by atoms with Gasteiger partial charge in [0.15, 0.2) is 5.58 Å². The molecular weight excluding hydrogens is 258 g/mol. The summed E-state index contributed by atoms with van der Waals surface area (Å²) in [6.45, 7) is 5.29. The van der Waals surface area contributed by atoms with Crippen molar-refractivity contribution < 1.29 is 4.42 Å². The number of nitrogens with zero attached hydrogens (tertiary/aromatic N) is 2. The largest absolute Gasteiger partial charge is 0.439 e. The number of aromatic nitrogens is 1. The molecule has 2 N–H and O–H groups in total. The van der Waals surface area contributed by atoms with E-state index in [0.717, 1.165) is 47.6 Å². The second-order valence-corrected chi connectivity index (χ2v) is 6.38. The maximum Gasteiger partial charge on any atom is 0.209 e. The summed E-state index contributed by atoms with van der Waals surface area (Å²) in [5, 5.41) is 0.744. The van der Waals surface area contributed by atoms with Crippen molar-refractivity contribution in [2.24, 2.45) is 0 Å². The van der Waals surface area contributed by atoms with Gasteiger partial charge in [0, 0.05) is 29.8 Å². The van der Waals surface area contributed by atoms with Crippen LogP contribution in [0.2, 0.25) is 0 Å². The Labute approximate surface area is 117 Å². The van der Waals surface area contributed by atoms with Crippen molar-refractivity contribution in [3.63, 3.8) is 0 Å². The van der Waals surface area contributed by atoms with E-state index in [1.165, 1.54) is 12.2 Å². The highest BCUT2D eigenvalue weighted by molar-refractivity contribution is 8.00. The Morgan fingerprint density at radius 1 is 1.53 bits per heavy atom. The molecule has 19 heavy (non-hydrogen) atoms. The first-order valence-electron chi connectivity index (χ1n) is 6.73. The van der Waals surface area contributed by atoms with E-state index in [1.807, 2.05) is 18.2 Å². The van der Waals surface area contributed by atoms with Gasteiger partial charge in [-0.2, -0.15) is 11.8 Å². The molecule has 0 spiro atoms. The Balaban J connectivity index is 1.74. The zero-order valence-corrected chi connectivity index (χ0v) is 11.9. The number of fused-ring (bicyclic) bond motifs is 1. The van der Waals surface area contributed by atoms with Crippen molar-refractivity contribution in [2.75, 3.05) is 24.6 Å². The fourth-order valence-electron chi connectivity index (χ4n) is 2.42. The van der Waals surface area contributed by atoms with Gasteiger partial charge < -0.3 is 10.2 Å². The van der Waals surface area contributed by atoms with Gasteiger partial charge in [-0.1, -0.05) is 6.92 Å². The minimum absolute atomic E-state index is 0.729. The van der Waals surface area contributed by atoms with Crippen molar-refractivity contribution in [3.8, 4) is 0 Å². The van der Waals surface area contributed by atoms with Gasteiger partial charge in [0.25, 0.3) is 0 Å². The van der Waals surface area contributed by atoms with E-state index in [-0.39, 0.29) is 0 Å². The molecular formula is C14H19N3OS. The third-order valence-corrected chi connectivity index (χ3v) is 4.87. The summed E-state index contributed by atoms with van der Waals surface area (Å²) in [4.78, 5) is 6.95. The topological polar surface area (TPSA) is 55.3 Å². The standard InChI is InChI=1S/C14H19N3OS/c1-2-11-8-17(5-6-19-11)9-14-16-12-7-10(15)3-4-13(12)18-14/h3-4,7,11H,2,5-6,8-9,15H2,1H3. The fourth-order valence-corrected chi connectivity index (χ4v) is 3.67. The Morgan fingerprint density at radius 3 is 3.26 bits per heavy atom. The molecule has 2 heterocycles. The monoisotopic (exact) mass is 277 g/mol. The molecule has 1 atom stereocenters. The molecule has 1 unspecified atom stereocenters. The Morgan fingerprint density at radius 2 is 2.42 bits per heavy atom.